The summed E-state index contributed by atoms with van der Waals surface area (Å²) in [6.45, 7) is 1.95. The van der Waals surface area contributed by atoms with Gasteiger partial charge in [0, 0.05) is 30.4 Å². The van der Waals surface area contributed by atoms with Crippen LogP contribution in [0.2, 0.25) is 0 Å². The molecule has 0 aliphatic rings. The molecule has 124 valence electrons. The van der Waals surface area contributed by atoms with Gasteiger partial charge in [-0.25, -0.2) is 4.68 Å². The summed E-state index contributed by atoms with van der Waals surface area (Å²) in [6.07, 6.45) is 7.82. The van der Waals surface area contributed by atoms with Gasteiger partial charge < -0.3 is 5.73 Å². The molecule has 25 heavy (non-hydrogen) atoms. The monoisotopic (exact) mass is 329 g/mol. The Hall–Kier alpha value is -3.05. The zero-order chi connectivity index (χ0) is 17.3. The molecule has 4 aromatic rings. The molecule has 4 rings (SSSR count). The van der Waals surface area contributed by atoms with Gasteiger partial charge in [-0.3, -0.25) is 4.98 Å². The summed E-state index contributed by atoms with van der Waals surface area (Å²) in [5.41, 5.74) is 9.31. The third-order valence-electron chi connectivity index (χ3n) is 4.44. The summed E-state index contributed by atoms with van der Waals surface area (Å²) in [6, 6.07) is 17.0. The summed E-state index contributed by atoms with van der Waals surface area (Å²) >= 11 is 0. The standard InChI is InChI=1S/C20H19N5/c1-20(21,25-11-10-23-24-25)13-15-2-4-16(5-3-15)17-6-7-19-14-22-9-8-18(19)12-17/h2-12,14H,13,21H2,1H3/t20-/m0/s1. The van der Waals surface area contributed by atoms with E-state index in [0.717, 1.165) is 10.9 Å². The highest BCUT2D eigenvalue weighted by molar-refractivity contribution is 5.86. The normalized spacial score (nSPS) is 13.7. The lowest BCUT2D eigenvalue weighted by Gasteiger charge is -2.24. The average molecular weight is 329 g/mol. The van der Waals surface area contributed by atoms with Crippen LogP contribution in [0, 0.1) is 0 Å². The minimum atomic E-state index is -0.603. The molecule has 0 unspecified atom stereocenters. The van der Waals surface area contributed by atoms with Crippen molar-refractivity contribution in [2.45, 2.75) is 19.0 Å². The average Bonchev–Trinajstić information content (AvgIpc) is 3.17. The molecule has 0 bridgehead atoms. The van der Waals surface area contributed by atoms with Crippen LogP contribution in [-0.4, -0.2) is 20.0 Å². The number of nitrogens with two attached hydrogens (primary N) is 1. The van der Waals surface area contributed by atoms with E-state index in [4.69, 9.17) is 5.73 Å². The van der Waals surface area contributed by atoms with Crippen molar-refractivity contribution >= 4 is 10.8 Å². The molecule has 1 atom stereocenters. The summed E-state index contributed by atoms with van der Waals surface area (Å²) in [4.78, 5) is 4.16. The number of benzene rings is 2. The third-order valence-corrected chi connectivity index (χ3v) is 4.44. The first-order chi connectivity index (χ1) is 12.1. The Bertz CT molecular complexity index is 988. The first-order valence-corrected chi connectivity index (χ1v) is 8.21. The van der Waals surface area contributed by atoms with Gasteiger partial charge in [-0.05, 0) is 41.1 Å². The first kappa shape index (κ1) is 15.5. The molecule has 0 aliphatic carbocycles. The fourth-order valence-electron chi connectivity index (χ4n) is 3.05. The zero-order valence-electron chi connectivity index (χ0n) is 14.0. The molecule has 0 amide bonds. The molecular weight excluding hydrogens is 310 g/mol. The Morgan fingerprint density at radius 1 is 0.960 bits per heavy atom. The van der Waals surface area contributed by atoms with Crippen LogP contribution >= 0.6 is 0 Å². The second-order valence-corrected chi connectivity index (χ2v) is 6.52. The number of pyridine rings is 1. The van der Waals surface area contributed by atoms with Crippen molar-refractivity contribution in [3.05, 3.63) is 78.9 Å². The first-order valence-electron chi connectivity index (χ1n) is 8.21. The fraction of sp³-hybridized carbons (Fsp3) is 0.150. The topological polar surface area (TPSA) is 69.6 Å². The lowest BCUT2D eigenvalue weighted by molar-refractivity contribution is 0.289. The Kier molecular flexibility index (Phi) is 3.78. The highest BCUT2D eigenvalue weighted by atomic mass is 15.5. The SMILES string of the molecule is C[C@@](N)(Cc1ccc(-c2ccc3cnccc3c2)cc1)n1ccnn1. The predicted molar refractivity (Wildman–Crippen MR) is 98.7 cm³/mol. The number of nitrogens with zero attached hydrogens (tertiary/aromatic N) is 4. The lowest BCUT2D eigenvalue weighted by atomic mass is 9.97. The van der Waals surface area contributed by atoms with Gasteiger partial charge in [0.2, 0.25) is 0 Å². The second-order valence-electron chi connectivity index (χ2n) is 6.52. The molecule has 5 heteroatoms. The molecule has 5 nitrogen and oxygen atoms in total. The Labute approximate surface area is 146 Å². The van der Waals surface area contributed by atoms with E-state index in [2.05, 4.69) is 57.8 Å². The summed E-state index contributed by atoms with van der Waals surface area (Å²) in [5, 5.41) is 10.2. The van der Waals surface area contributed by atoms with Crippen LogP contribution in [-0.2, 0) is 12.1 Å². The number of rotatable bonds is 4. The van der Waals surface area contributed by atoms with E-state index in [1.54, 1.807) is 17.1 Å². The quantitative estimate of drug-likeness (QED) is 0.623. The van der Waals surface area contributed by atoms with E-state index < -0.39 is 5.66 Å². The number of hydrogen-bond donors (Lipinski definition) is 1. The number of fused-ring (bicyclic) bond motifs is 1. The van der Waals surface area contributed by atoms with Gasteiger partial charge in [-0.1, -0.05) is 41.6 Å². The Morgan fingerprint density at radius 2 is 1.76 bits per heavy atom. The van der Waals surface area contributed by atoms with Crippen molar-refractivity contribution in [2.24, 2.45) is 5.73 Å². The summed E-state index contributed by atoms with van der Waals surface area (Å²) in [7, 11) is 0. The molecule has 2 heterocycles. The molecule has 0 saturated heterocycles. The van der Waals surface area contributed by atoms with Crippen LogP contribution in [0.15, 0.2) is 73.3 Å². The fourth-order valence-corrected chi connectivity index (χ4v) is 3.05. The van der Waals surface area contributed by atoms with E-state index in [9.17, 15) is 0 Å². The van der Waals surface area contributed by atoms with Gasteiger partial charge in [-0.15, -0.1) is 5.10 Å². The molecule has 2 aromatic carbocycles. The molecule has 0 spiro atoms. The van der Waals surface area contributed by atoms with Crippen LogP contribution in [0.4, 0.5) is 0 Å². The molecule has 0 saturated carbocycles. The molecule has 2 N–H and O–H groups in total. The van der Waals surface area contributed by atoms with E-state index in [-0.39, 0.29) is 0 Å². The minimum Gasteiger partial charge on any atom is -0.307 e. The molecule has 2 aromatic heterocycles. The van der Waals surface area contributed by atoms with Crippen LogP contribution < -0.4 is 5.73 Å². The Morgan fingerprint density at radius 3 is 2.52 bits per heavy atom. The van der Waals surface area contributed by atoms with E-state index in [0.29, 0.717) is 6.42 Å². The number of hydrogen-bond acceptors (Lipinski definition) is 4. The van der Waals surface area contributed by atoms with Gasteiger partial charge in [0.05, 0.1) is 6.20 Å². The Balaban J connectivity index is 1.59. The van der Waals surface area contributed by atoms with Crippen molar-refractivity contribution in [1.82, 2.24) is 20.0 Å². The number of aromatic nitrogens is 4. The lowest BCUT2D eigenvalue weighted by Crippen LogP contribution is -2.42. The highest BCUT2D eigenvalue weighted by Gasteiger charge is 2.22. The van der Waals surface area contributed by atoms with E-state index in [1.165, 1.54) is 16.5 Å². The maximum Gasteiger partial charge on any atom is 0.113 e. The van der Waals surface area contributed by atoms with Gasteiger partial charge >= 0.3 is 0 Å². The summed E-state index contributed by atoms with van der Waals surface area (Å²) < 4.78 is 1.69. The smallest absolute Gasteiger partial charge is 0.113 e. The van der Waals surface area contributed by atoms with Crippen molar-refractivity contribution in [3.8, 4) is 11.1 Å². The maximum absolute atomic E-state index is 6.38. The molecular formula is C20H19N5. The van der Waals surface area contributed by atoms with Gasteiger partial charge in [0.15, 0.2) is 0 Å². The van der Waals surface area contributed by atoms with Gasteiger partial charge in [0.1, 0.15) is 5.66 Å². The minimum absolute atomic E-state index is 0.603. The summed E-state index contributed by atoms with van der Waals surface area (Å²) in [5.74, 6) is 0. The van der Waals surface area contributed by atoms with Crippen LogP contribution in [0.3, 0.4) is 0 Å². The predicted octanol–water partition coefficient (Wildman–Crippen LogP) is 3.37. The van der Waals surface area contributed by atoms with Crippen LogP contribution in [0.1, 0.15) is 12.5 Å². The van der Waals surface area contributed by atoms with Crippen LogP contribution in [0.25, 0.3) is 21.9 Å². The van der Waals surface area contributed by atoms with Crippen LogP contribution in [0.5, 0.6) is 0 Å². The largest absolute Gasteiger partial charge is 0.307 e. The second kappa shape index (κ2) is 6.11. The van der Waals surface area contributed by atoms with E-state index >= 15 is 0 Å². The highest BCUT2D eigenvalue weighted by Crippen LogP contribution is 2.25. The van der Waals surface area contributed by atoms with Crippen molar-refractivity contribution in [2.75, 3.05) is 0 Å². The van der Waals surface area contributed by atoms with Crippen molar-refractivity contribution in [1.29, 1.82) is 0 Å². The van der Waals surface area contributed by atoms with Gasteiger partial charge in [-0.2, -0.15) is 0 Å². The molecule has 0 fully saturated rings. The molecule has 0 radical (unpaired) electrons. The van der Waals surface area contributed by atoms with E-state index in [1.807, 2.05) is 25.4 Å². The third kappa shape index (κ3) is 3.14. The maximum atomic E-state index is 6.38. The van der Waals surface area contributed by atoms with Crippen molar-refractivity contribution < 1.29 is 0 Å². The van der Waals surface area contributed by atoms with Gasteiger partial charge in [0.25, 0.3) is 0 Å². The van der Waals surface area contributed by atoms with Crippen molar-refractivity contribution in [3.63, 3.8) is 0 Å². The zero-order valence-corrected chi connectivity index (χ0v) is 14.0. The molecule has 0 aliphatic heterocycles.